The highest BCUT2D eigenvalue weighted by molar-refractivity contribution is 5.96. The van der Waals surface area contributed by atoms with Crippen LogP contribution in [0.15, 0.2) is 60.7 Å². The van der Waals surface area contributed by atoms with Crippen LogP contribution >= 0.6 is 0 Å². The van der Waals surface area contributed by atoms with Crippen molar-refractivity contribution in [2.45, 2.75) is 39.0 Å². The smallest absolute Gasteiger partial charge is 0.417 e. The van der Waals surface area contributed by atoms with Crippen molar-refractivity contribution in [2.24, 2.45) is 5.92 Å². The van der Waals surface area contributed by atoms with Gasteiger partial charge in [-0.3, -0.25) is 4.79 Å². The fourth-order valence-electron chi connectivity index (χ4n) is 3.29. The maximum atomic E-state index is 13.2. The Morgan fingerprint density at radius 1 is 1.14 bits per heavy atom. The van der Waals surface area contributed by atoms with Crippen molar-refractivity contribution in [3.8, 4) is 5.75 Å². The number of carbonyl (C=O) groups is 2. The number of cyclic esters (lactones) is 1. The number of benzene rings is 2. The fourth-order valence-corrected chi connectivity index (χ4v) is 3.29. The summed E-state index contributed by atoms with van der Waals surface area (Å²) in [6, 6.07) is 19.0. The van der Waals surface area contributed by atoms with Crippen LogP contribution in [-0.2, 0) is 16.1 Å². The molecule has 3 rings (SSSR count). The summed E-state index contributed by atoms with van der Waals surface area (Å²) in [7, 11) is 0. The van der Waals surface area contributed by atoms with Gasteiger partial charge in [0, 0.05) is 13.0 Å². The molecule has 29 heavy (non-hydrogen) atoms. The number of nitrogens with zero attached hydrogens (tertiary/aromatic N) is 1. The molecule has 6 heteroatoms. The van der Waals surface area contributed by atoms with Crippen molar-refractivity contribution in [1.82, 2.24) is 10.2 Å². The van der Waals surface area contributed by atoms with E-state index in [4.69, 9.17) is 9.47 Å². The first kappa shape index (κ1) is 20.9. The summed E-state index contributed by atoms with van der Waals surface area (Å²) in [5, 5.41) is 3.34. The van der Waals surface area contributed by atoms with Crippen molar-refractivity contribution in [3.63, 3.8) is 0 Å². The number of para-hydroxylation sites is 1. The second-order valence-corrected chi connectivity index (χ2v) is 7.47. The molecule has 2 atom stereocenters. The highest BCUT2D eigenvalue weighted by Gasteiger charge is 2.42. The molecular formula is C23H28N2O4. The Morgan fingerprint density at radius 3 is 2.45 bits per heavy atom. The van der Waals surface area contributed by atoms with Gasteiger partial charge in [-0.1, -0.05) is 62.4 Å². The molecule has 0 aliphatic carbocycles. The Morgan fingerprint density at radius 2 is 1.79 bits per heavy atom. The Hall–Kier alpha value is -2.86. The molecule has 0 aromatic heterocycles. The lowest BCUT2D eigenvalue weighted by atomic mass is 10.0. The molecule has 1 aliphatic heterocycles. The molecule has 2 amide bonds. The minimum absolute atomic E-state index is 0.110. The van der Waals surface area contributed by atoms with Gasteiger partial charge in [-0.25, -0.2) is 9.69 Å². The third kappa shape index (κ3) is 5.57. The molecule has 0 bridgehead atoms. The van der Waals surface area contributed by atoms with E-state index in [9.17, 15) is 9.59 Å². The van der Waals surface area contributed by atoms with Gasteiger partial charge in [-0.2, -0.15) is 0 Å². The average molecular weight is 396 g/mol. The molecule has 1 saturated heterocycles. The molecule has 1 heterocycles. The third-order valence-electron chi connectivity index (χ3n) is 4.97. The Kier molecular flexibility index (Phi) is 7.25. The van der Waals surface area contributed by atoms with Crippen LogP contribution in [-0.4, -0.2) is 42.2 Å². The van der Waals surface area contributed by atoms with E-state index < -0.39 is 12.2 Å². The van der Waals surface area contributed by atoms with Gasteiger partial charge in [0.15, 0.2) is 6.10 Å². The van der Waals surface area contributed by atoms with Gasteiger partial charge in [0.1, 0.15) is 12.4 Å². The van der Waals surface area contributed by atoms with Crippen molar-refractivity contribution in [2.75, 3.05) is 13.2 Å². The van der Waals surface area contributed by atoms with Crippen molar-refractivity contribution >= 4 is 12.0 Å². The molecule has 2 aromatic rings. The molecule has 154 valence electrons. The predicted molar refractivity (Wildman–Crippen MR) is 110 cm³/mol. The third-order valence-corrected chi connectivity index (χ3v) is 4.97. The number of nitrogens with one attached hydrogen (secondary N) is 1. The summed E-state index contributed by atoms with van der Waals surface area (Å²) in [4.78, 5) is 26.7. The van der Waals surface area contributed by atoms with E-state index in [0.29, 0.717) is 25.3 Å². The number of ether oxygens (including phenoxy) is 2. The molecule has 1 N–H and O–H groups in total. The van der Waals surface area contributed by atoms with Gasteiger partial charge >= 0.3 is 6.09 Å². The van der Waals surface area contributed by atoms with Crippen LogP contribution in [0, 0.1) is 5.92 Å². The largest absolute Gasteiger partial charge is 0.481 e. The zero-order valence-corrected chi connectivity index (χ0v) is 16.9. The Labute approximate surface area is 171 Å². The topological polar surface area (TPSA) is 67.9 Å². The summed E-state index contributed by atoms with van der Waals surface area (Å²) in [5.41, 5.74) is 1.17. The number of rotatable bonds is 9. The monoisotopic (exact) mass is 396 g/mol. The Balaban J connectivity index is 1.66. The van der Waals surface area contributed by atoms with Crippen LogP contribution in [0.5, 0.6) is 5.75 Å². The van der Waals surface area contributed by atoms with E-state index in [-0.39, 0.29) is 24.5 Å². The van der Waals surface area contributed by atoms with Gasteiger partial charge < -0.3 is 14.8 Å². The van der Waals surface area contributed by atoms with Crippen molar-refractivity contribution in [3.05, 3.63) is 66.2 Å². The highest BCUT2D eigenvalue weighted by Crippen LogP contribution is 2.23. The molecule has 1 aliphatic rings. The minimum atomic E-state index is -0.771. The highest BCUT2D eigenvalue weighted by atomic mass is 16.6. The predicted octanol–water partition coefficient (Wildman–Crippen LogP) is 3.62. The lowest BCUT2D eigenvalue weighted by molar-refractivity contribution is -0.137. The Bertz CT molecular complexity index is 795. The van der Waals surface area contributed by atoms with Crippen LogP contribution < -0.4 is 10.1 Å². The van der Waals surface area contributed by atoms with E-state index >= 15 is 0 Å². The summed E-state index contributed by atoms with van der Waals surface area (Å²) >= 11 is 0. The normalized spacial score (nSPS) is 17.3. The van der Waals surface area contributed by atoms with Gasteiger partial charge in [-0.15, -0.1) is 0 Å². The number of amides is 2. The minimum Gasteiger partial charge on any atom is -0.481 e. The van der Waals surface area contributed by atoms with E-state index in [1.807, 2.05) is 62.4 Å². The fraction of sp³-hybridized carbons (Fsp3) is 0.391. The summed E-state index contributed by atoms with van der Waals surface area (Å²) in [6.07, 6.45) is -0.921. The van der Waals surface area contributed by atoms with Crippen LogP contribution in [0.2, 0.25) is 0 Å². The van der Waals surface area contributed by atoms with E-state index in [2.05, 4.69) is 5.32 Å². The SMILES string of the molecule is CC(C)[C@H]1COC(=O)N1C(=O)[C@@H](CCNCc1ccccc1)Oc1ccccc1. The first-order chi connectivity index (χ1) is 14.1. The molecule has 6 nitrogen and oxygen atoms in total. The second-order valence-electron chi connectivity index (χ2n) is 7.47. The second kappa shape index (κ2) is 10.1. The molecule has 0 saturated carbocycles. The summed E-state index contributed by atoms with van der Waals surface area (Å²) in [6.45, 7) is 5.45. The molecule has 1 fully saturated rings. The maximum absolute atomic E-state index is 13.2. The molecule has 0 radical (unpaired) electrons. The number of carbonyl (C=O) groups excluding carboxylic acids is 2. The quantitative estimate of drug-likeness (QED) is 0.656. The van der Waals surface area contributed by atoms with Crippen LogP contribution in [0.4, 0.5) is 4.79 Å². The maximum Gasteiger partial charge on any atom is 0.417 e. The number of hydrogen-bond acceptors (Lipinski definition) is 5. The average Bonchev–Trinajstić information content (AvgIpc) is 3.13. The summed E-state index contributed by atoms with van der Waals surface area (Å²) < 4.78 is 11.1. The summed E-state index contributed by atoms with van der Waals surface area (Å²) in [5.74, 6) is 0.359. The molecule has 0 unspecified atom stereocenters. The molecule has 2 aromatic carbocycles. The lowest BCUT2D eigenvalue weighted by Gasteiger charge is -2.27. The van der Waals surface area contributed by atoms with Crippen LogP contribution in [0.1, 0.15) is 25.8 Å². The molecule has 0 spiro atoms. The van der Waals surface area contributed by atoms with Gasteiger partial charge in [-0.05, 0) is 30.2 Å². The number of imide groups is 1. The number of hydrogen-bond donors (Lipinski definition) is 1. The van der Waals surface area contributed by atoms with Crippen LogP contribution in [0.25, 0.3) is 0 Å². The van der Waals surface area contributed by atoms with E-state index in [0.717, 1.165) is 0 Å². The van der Waals surface area contributed by atoms with Crippen molar-refractivity contribution in [1.29, 1.82) is 0 Å². The van der Waals surface area contributed by atoms with Crippen LogP contribution in [0.3, 0.4) is 0 Å². The van der Waals surface area contributed by atoms with E-state index in [1.165, 1.54) is 10.5 Å². The van der Waals surface area contributed by atoms with E-state index in [1.54, 1.807) is 12.1 Å². The zero-order chi connectivity index (χ0) is 20.6. The first-order valence-corrected chi connectivity index (χ1v) is 10.0. The zero-order valence-electron chi connectivity index (χ0n) is 16.9. The van der Waals surface area contributed by atoms with Gasteiger partial charge in [0.05, 0.1) is 6.04 Å². The lowest BCUT2D eigenvalue weighted by Crippen LogP contribution is -2.49. The standard InChI is InChI=1S/C23H28N2O4/c1-17(2)20-16-28-23(27)25(20)22(26)21(29-19-11-7-4-8-12-19)13-14-24-15-18-9-5-3-6-10-18/h3-12,17,20-21,24H,13-16H2,1-2H3/t20-,21-/m1/s1. The van der Waals surface area contributed by atoms with Crippen molar-refractivity contribution < 1.29 is 19.1 Å². The molecular weight excluding hydrogens is 368 g/mol. The van der Waals surface area contributed by atoms with Gasteiger partial charge in [0.25, 0.3) is 5.91 Å². The van der Waals surface area contributed by atoms with Gasteiger partial charge in [0.2, 0.25) is 0 Å². The first-order valence-electron chi connectivity index (χ1n) is 10.0.